The predicted octanol–water partition coefficient (Wildman–Crippen LogP) is 2.99. The molecule has 0 aliphatic heterocycles. The molecule has 0 aliphatic rings. The van der Waals surface area contributed by atoms with Crippen molar-refractivity contribution >= 4 is 0 Å². The Kier molecular flexibility index (Phi) is 6.87. The number of benzene rings is 1. The van der Waals surface area contributed by atoms with E-state index in [2.05, 4.69) is 12.2 Å². The van der Waals surface area contributed by atoms with Crippen molar-refractivity contribution in [2.24, 2.45) is 5.92 Å². The summed E-state index contributed by atoms with van der Waals surface area (Å²) < 4.78 is 38.7. The van der Waals surface area contributed by atoms with E-state index < -0.39 is 17.5 Å². The number of hydrogen-bond donors (Lipinski definition) is 2. The van der Waals surface area contributed by atoms with Crippen LogP contribution in [0.5, 0.6) is 0 Å². The molecule has 0 amide bonds. The molecule has 0 fully saturated rings. The quantitative estimate of drug-likeness (QED) is 0.715. The van der Waals surface area contributed by atoms with Gasteiger partial charge in [0.05, 0.1) is 0 Å². The molecule has 108 valence electrons. The van der Waals surface area contributed by atoms with E-state index in [9.17, 15) is 13.2 Å². The first-order valence-corrected chi connectivity index (χ1v) is 6.53. The monoisotopic (exact) mass is 275 g/mol. The van der Waals surface area contributed by atoms with Gasteiger partial charge in [-0.15, -0.1) is 0 Å². The molecule has 1 atom stereocenters. The Morgan fingerprint density at radius 1 is 1.16 bits per heavy atom. The highest BCUT2D eigenvalue weighted by molar-refractivity contribution is 5.19. The molecule has 1 aromatic rings. The maximum absolute atomic E-state index is 13.0. The van der Waals surface area contributed by atoms with E-state index in [-0.39, 0.29) is 13.2 Å². The fraction of sp³-hybridized carbons (Fsp3) is 0.571. The van der Waals surface area contributed by atoms with Crippen molar-refractivity contribution in [2.45, 2.75) is 32.7 Å². The van der Waals surface area contributed by atoms with E-state index in [1.807, 2.05) is 0 Å². The largest absolute Gasteiger partial charge is 0.396 e. The summed E-state index contributed by atoms with van der Waals surface area (Å²) in [4.78, 5) is 0. The van der Waals surface area contributed by atoms with Crippen LogP contribution in [0.4, 0.5) is 13.2 Å². The molecule has 1 rings (SSSR count). The van der Waals surface area contributed by atoms with E-state index in [4.69, 9.17) is 5.11 Å². The molecule has 0 spiro atoms. The summed E-state index contributed by atoms with van der Waals surface area (Å²) >= 11 is 0. The SMILES string of the molecule is CCCC(CCO)CNCc1cc(F)c(F)c(F)c1. The van der Waals surface area contributed by atoms with Crippen LogP contribution in [0.15, 0.2) is 12.1 Å². The number of aliphatic hydroxyl groups excluding tert-OH is 1. The third kappa shape index (κ3) is 5.20. The standard InChI is InChI=1S/C14H20F3NO/c1-2-3-10(4-5-19)8-18-9-11-6-12(15)14(17)13(16)7-11/h6-7,10,18-19H,2-5,8-9H2,1H3. The lowest BCUT2D eigenvalue weighted by Gasteiger charge is -2.15. The van der Waals surface area contributed by atoms with Crippen molar-refractivity contribution < 1.29 is 18.3 Å². The zero-order chi connectivity index (χ0) is 14.3. The van der Waals surface area contributed by atoms with Crippen molar-refractivity contribution in [2.75, 3.05) is 13.2 Å². The van der Waals surface area contributed by atoms with Gasteiger partial charge in [0.25, 0.3) is 0 Å². The van der Waals surface area contributed by atoms with Gasteiger partial charge in [-0.2, -0.15) is 0 Å². The van der Waals surface area contributed by atoms with Crippen molar-refractivity contribution in [3.05, 3.63) is 35.1 Å². The van der Waals surface area contributed by atoms with Gasteiger partial charge in [-0.05, 0) is 43.0 Å². The molecule has 0 bridgehead atoms. The first kappa shape index (κ1) is 16.0. The van der Waals surface area contributed by atoms with Crippen LogP contribution in [0, 0.1) is 23.4 Å². The Labute approximate surface area is 111 Å². The molecule has 1 unspecified atom stereocenters. The van der Waals surface area contributed by atoms with E-state index in [0.717, 1.165) is 25.0 Å². The highest BCUT2D eigenvalue weighted by Crippen LogP contribution is 2.14. The highest BCUT2D eigenvalue weighted by Gasteiger charge is 2.11. The van der Waals surface area contributed by atoms with Gasteiger partial charge in [-0.1, -0.05) is 13.3 Å². The average Bonchev–Trinajstić information content (AvgIpc) is 2.36. The van der Waals surface area contributed by atoms with Crippen LogP contribution >= 0.6 is 0 Å². The molecule has 19 heavy (non-hydrogen) atoms. The molecular formula is C14H20F3NO. The van der Waals surface area contributed by atoms with Crippen molar-refractivity contribution in [1.29, 1.82) is 0 Å². The van der Waals surface area contributed by atoms with Crippen LogP contribution in [0.2, 0.25) is 0 Å². The topological polar surface area (TPSA) is 32.3 Å². The lowest BCUT2D eigenvalue weighted by atomic mass is 10.0. The van der Waals surface area contributed by atoms with Gasteiger partial charge in [-0.3, -0.25) is 0 Å². The summed E-state index contributed by atoms with van der Waals surface area (Å²) in [6, 6.07) is 1.98. The third-order valence-corrected chi connectivity index (χ3v) is 3.04. The van der Waals surface area contributed by atoms with Gasteiger partial charge < -0.3 is 10.4 Å². The summed E-state index contributed by atoms with van der Waals surface area (Å²) in [5.74, 6) is -3.44. The van der Waals surface area contributed by atoms with E-state index in [0.29, 0.717) is 24.4 Å². The number of halogens is 3. The summed E-state index contributed by atoms with van der Waals surface area (Å²) in [6.07, 6.45) is 2.71. The van der Waals surface area contributed by atoms with E-state index in [1.165, 1.54) is 0 Å². The second kappa shape index (κ2) is 8.17. The molecule has 0 saturated heterocycles. The minimum absolute atomic E-state index is 0.131. The van der Waals surface area contributed by atoms with Gasteiger partial charge in [0.2, 0.25) is 0 Å². The molecule has 5 heteroatoms. The summed E-state index contributed by atoms with van der Waals surface area (Å²) in [7, 11) is 0. The maximum Gasteiger partial charge on any atom is 0.194 e. The van der Waals surface area contributed by atoms with Crippen molar-refractivity contribution in [3.63, 3.8) is 0 Å². The molecule has 1 aromatic carbocycles. The Morgan fingerprint density at radius 3 is 2.32 bits per heavy atom. The van der Waals surface area contributed by atoms with Gasteiger partial charge in [0, 0.05) is 13.2 Å². The van der Waals surface area contributed by atoms with Crippen LogP contribution in [0.3, 0.4) is 0 Å². The molecule has 0 saturated carbocycles. The number of nitrogens with one attached hydrogen (secondary N) is 1. The van der Waals surface area contributed by atoms with E-state index >= 15 is 0 Å². The zero-order valence-corrected chi connectivity index (χ0v) is 11.1. The Hall–Kier alpha value is -1.07. The van der Waals surface area contributed by atoms with E-state index in [1.54, 1.807) is 0 Å². The van der Waals surface area contributed by atoms with Gasteiger partial charge >= 0.3 is 0 Å². The summed E-state index contributed by atoms with van der Waals surface area (Å²) in [5, 5.41) is 12.0. The van der Waals surface area contributed by atoms with Gasteiger partial charge in [-0.25, -0.2) is 13.2 Å². The predicted molar refractivity (Wildman–Crippen MR) is 68.1 cm³/mol. The fourth-order valence-electron chi connectivity index (χ4n) is 2.07. The van der Waals surface area contributed by atoms with Gasteiger partial charge in [0.1, 0.15) is 0 Å². The first-order valence-electron chi connectivity index (χ1n) is 6.53. The average molecular weight is 275 g/mol. The molecule has 0 aliphatic carbocycles. The van der Waals surface area contributed by atoms with Crippen LogP contribution < -0.4 is 5.32 Å². The normalized spacial score (nSPS) is 12.7. The second-order valence-corrected chi connectivity index (χ2v) is 4.67. The second-order valence-electron chi connectivity index (χ2n) is 4.67. The fourth-order valence-corrected chi connectivity index (χ4v) is 2.07. The molecule has 0 heterocycles. The lowest BCUT2D eigenvalue weighted by Crippen LogP contribution is -2.23. The Bertz CT molecular complexity index is 369. The van der Waals surface area contributed by atoms with Gasteiger partial charge in [0.15, 0.2) is 17.5 Å². The minimum atomic E-state index is -1.44. The lowest BCUT2D eigenvalue weighted by molar-refractivity contribution is 0.248. The van der Waals surface area contributed by atoms with Crippen LogP contribution in [0.25, 0.3) is 0 Å². The zero-order valence-electron chi connectivity index (χ0n) is 11.1. The Balaban J connectivity index is 2.48. The highest BCUT2D eigenvalue weighted by atomic mass is 19.2. The van der Waals surface area contributed by atoms with Crippen molar-refractivity contribution in [1.82, 2.24) is 5.32 Å². The smallest absolute Gasteiger partial charge is 0.194 e. The molecule has 2 nitrogen and oxygen atoms in total. The maximum atomic E-state index is 13.0. The Morgan fingerprint density at radius 2 is 1.79 bits per heavy atom. The van der Waals surface area contributed by atoms with Crippen LogP contribution in [0.1, 0.15) is 31.7 Å². The number of hydrogen-bond acceptors (Lipinski definition) is 2. The third-order valence-electron chi connectivity index (χ3n) is 3.04. The first-order chi connectivity index (χ1) is 9.08. The molecule has 0 aromatic heterocycles. The molecular weight excluding hydrogens is 255 g/mol. The van der Waals surface area contributed by atoms with Crippen LogP contribution in [-0.2, 0) is 6.54 Å². The molecule has 2 N–H and O–H groups in total. The minimum Gasteiger partial charge on any atom is -0.396 e. The van der Waals surface area contributed by atoms with Crippen molar-refractivity contribution in [3.8, 4) is 0 Å². The van der Waals surface area contributed by atoms with Crippen LogP contribution in [-0.4, -0.2) is 18.3 Å². The number of aliphatic hydroxyl groups is 1. The number of rotatable bonds is 8. The summed E-state index contributed by atoms with van der Waals surface area (Å²) in [6.45, 7) is 3.13. The summed E-state index contributed by atoms with van der Waals surface area (Å²) in [5.41, 5.74) is 0.371. The molecule has 0 radical (unpaired) electrons.